The Morgan fingerprint density at radius 1 is 1.14 bits per heavy atom. The van der Waals surface area contributed by atoms with Crippen LogP contribution in [0.15, 0.2) is 42.6 Å². The summed E-state index contributed by atoms with van der Waals surface area (Å²) in [4.78, 5) is 8.40. The second-order valence-electron chi connectivity index (χ2n) is 5.09. The molecule has 0 fully saturated rings. The molecular formula is C17H17ClN2S2. The maximum atomic E-state index is 5.99. The van der Waals surface area contributed by atoms with Gasteiger partial charge in [-0.25, -0.2) is 4.98 Å². The fraction of sp³-hybridized carbons (Fsp3) is 0.235. The molecule has 1 N–H and O–H groups in total. The maximum Gasteiger partial charge on any atom is 0.107 e. The Labute approximate surface area is 143 Å². The lowest BCUT2D eigenvalue weighted by Crippen LogP contribution is -2.16. The van der Waals surface area contributed by atoms with E-state index in [-0.39, 0.29) is 0 Å². The van der Waals surface area contributed by atoms with Gasteiger partial charge in [-0.3, -0.25) is 0 Å². The lowest BCUT2D eigenvalue weighted by atomic mass is 10.1. The van der Waals surface area contributed by atoms with Crippen molar-refractivity contribution < 1.29 is 0 Å². The summed E-state index contributed by atoms with van der Waals surface area (Å²) < 4.78 is 0. The number of benzene rings is 1. The van der Waals surface area contributed by atoms with Gasteiger partial charge in [0.05, 0.1) is 4.88 Å². The normalized spacial score (nSPS) is 11.0. The van der Waals surface area contributed by atoms with Crippen LogP contribution in [-0.4, -0.2) is 11.5 Å². The summed E-state index contributed by atoms with van der Waals surface area (Å²) in [5.74, 6) is 0. The largest absolute Gasteiger partial charge is 0.310 e. The van der Waals surface area contributed by atoms with Crippen molar-refractivity contribution in [3.05, 3.63) is 63.1 Å². The van der Waals surface area contributed by atoms with E-state index in [0.29, 0.717) is 0 Å². The van der Waals surface area contributed by atoms with Gasteiger partial charge < -0.3 is 5.32 Å². The van der Waals surface area contributed by atoms with Crippen LogP contribution < -0.4 is 5.32 Å². The summed E-state index contributed by atoms with van der Waals surface area (Å²) in [5, 5.41) is 5.38. The quantitative estimate of drug-likeness (QED) is 0.622. The summed E-state index contributed by atoms with van der Waals surface area (Å²) in [5.41, 5.74) is 1.26. The number of thiazole rings is 1. The van der Waals surface area contributed by atoms with Gasteiger partial charge in [-0.1, -0.05) is 23.7 Å². The van der Waals surface area contributed by atoms with Crippen LogP contribution in [0.5, 0.6) is 0 Å². The molecule has 0 radical (unpaired) electrons. The molecule has 3 rings (SSSR count). The van der Waals surface area contributed by atoms with Crippen LogP contribution in [-0.2, 0) is 13.0 Å². The summed E-state index contributed by atoms with van der Waals surface area (Å²) in [7, 11) is 0. The molecule has 5 heteroatoms. The van der Waals surface area contributed by atoms with E-state index >= 15 is 0 Å². The van der Waals surface area contributed by atoms with Crippen LogP contribution in [0.4, 0.5) is 0 Å². The van der Waals surface area contributed by atoms with Gasteiger partial charge in [0.15, 0.2) is 0 Å². The Kier molecular flexibility index (Phi) is 5.26. The van der Waals surface area contributed by atoms with Crippen LogP contribution in [0.1, 0.15) is 15.4 Å². The van der Waals surface area contributed by atoms with Gasteiger partial charge in [0.1, 0.15) is 5.01 Å². The lowest BCUT2D eigenvalue weighted by Gasteiger charge is -2.03. The van der Waals surface area contributed by atoms with Gasteiger partial charge in [0.25, 0.3) is 0 Å². The molecule has 22 heavy (non-hydrogen) atoms. The SMILES string of the molecule is Cc1ccc(-c2cnc(CNCCc3cccc(Cl)c3)s2)s1. The lowest BCUT2D eigenvalue weighted by molar-refractivity contribution is 0.684. The third-order valence-corrected chi connectivity index (χ3v) is 5.72. The number of aryl methyl sites for hydroxylation is 1. The first-order chi connectivity index (χ1) is 10.7. The molecule has 1 aromatic carbocycles. The number of rotatable bonds is 6. The number of nitrogens with zero attached hydrogens (tertiary/aromatic N) is 1. The fourth-order valence-corrected chi connectivity index (χ4v) is 4.24. The average molecular weight is 349 g/mol. The minimum Gasteiger partial charge on any atom is -0.310 e. The van der Waals surface area contributed by atoms with E-state index in [0.717, 1.165) is 29.5 Å². The topological polar surface area (TPSA) is 24.9 Å². The average Bonchev–Trinajstić information content (AvgIpc) is 3.12. The van der Waals surface area contributed by atoms with E-state index < -0.39 is 0 Å². The first-order valence-corrected chi connectivity index (χ1v) is 9.18. The van der Waals surface area contributed by atoms with Crippen LogP contribution >= 0.6 is 34.3 Å². The van der Waals surface area contributed by atoms with Crippen molar-refractivity contribution in [1.29, 1.82) is 0 Å². The van der Waals surface area contributed by atoms with Crippen LogP contribution in [0.3, 0.4) is 0 Å². The molecule has 0 saturated heterocycles. The molecule has 2 nitrogen and oxygen atoms in total. The summed E-state index contributed by atoms with van der Waals surface area (Å²) in [6.45, 7) is 3.87. The Morgan fingerprint density at radius 3 is 2.82 bits per heavy atom. The Morgan fingerprint density at radius 2 is 2.05 bits per heavy atom. The van der Waals surface area contributed by atoms with E-state index in [1.54, 1.807) is 11.3 Å². The maximum absolute atomic E-state index is 5.99. The third-order valence-electron chi connectivity index (χ3n) is 3.29. The number of halogens is 1. The predicted molar refractivity (Wildman–Crippen MR) is 97.0 cm³/mol. The molecule has 114 valence electrons. The van der Waals surface area contributed by atoms with Gasteiger partial charge in [-0.2, -0.15) is 0 Å². The van der Waals surface area contributed by atoms with Crippen molar-refractivity contribution in [3.63, 3.8) is 0 Å². The molecule has 0 atom stereocenters. The number of hydrogen-bond acceptors (Lipinski definition) is 4. The van der Waals surface area contributed by atoms with Crippen molar-refractivity contribution in [2.45, 2.75) is 19.9 Å². The Bertz CT molecular complexity index is 748. The summed E-state index contributed by atoms with van der Waals surface area (Å²) in [6.07, 6.45) is 2.95. The standard InChI is InChI=1S/C17H17ClN2S2/c1-12-5-6-15(21-12)16-10-20-17(22-16)11-19-8-7-13-3-2-4-14(18)9-13/h2-6,9-10,19H,7-8,11H2,1H3. The first-order valence-electron chi connectivity index (χ1n) is 7.17. The molecule has 0 aliphatic heterocycles. The van der Waals surface area contributed by atoms with Crippen molar-refractivity contribution in [2.24, 2.45) is 0 Å². The third kappa shape index (κ3) is 4.17. The van der Waals surface area contributed by atoms with Crippen molar-refractivity contribution in [2.75, 3.05) is 6.54 Å². The zero-order valence-corrected chi connectivity index (χ0v) is 14.7. The monoisotopic (exact) mass is 348 g/mol. The minimum atomic E-state index is 0.799. The highest BCUT2D eigenvalue weighted by Gasteiger charge is 2.06. The molecule has 2 heterocycles. The molecule has 0 aliphatic rings. The van der Waals surface area contributed by atoms with Crippen molar-refractivity contribution in [1.82, 2.24) is 10.3 Å². The Hall–Kier alpha value is -1.20. The number of nitrogens with one attached hydrogen (secondary N) is 1. The second-order valence-corrected chi connectivity index (χ2v) is 7.92. The molecule has 3 aromatic rings. The first kappa shape index (κ1) is 15.7. The van der Waals surface area contributed by atoms with E-state index in [1.807, 2.05) is 35.7 Å². The van der Waals surface area contributed by atoms with Gasteiger partial charge in [0.2, 0.25) is 0 Å². The molecule has 0 amide bonds. The molecular weight excluding hydrogens is 332 g/mol. The molecule has 0 unspecified atom stereocenters. The van der Waals surface area contributed by atoms with Crippen LogP contribution in [0.25, 0.3) is 9.75 Å². The van der Waals surface area contributed by atoms with Gasteiger partial charge >= 0.3 is 0 Å². The van der Waals surface area contributed by atoms with Gasteiger partial charge in [0, 0.05) is 27.5 Å². The summed E-state index contributed by atoms with van der Waals surface area (Å²) in [6, 6.07) is 12.3. The van der Waals surface area contributed by atoms with Crippen molar-refractivity contribution in [3.8, 4) is 9.75 Å². The number of hydrogen-bond donors (Lipinski definition) is 1. The molecule has 0 bridgehead atoms. The number of aromatic nitrogens is 1. The van der Waals surface area contributed by atoms with E-state index in [4.69, 9.17) is 11.6 Å². The van der Waals surface area contributed by atoms with E-state index in [9.17, 15) is 0 Å². The second kappa shape index (κ2) is 7.38. The van der Waals surface area contributed by atoms with Crippen LogP contribution in [0, 0.1) is 6.92 Å². The highest BCUT2D eigenvalue weighted by Crippen LogP contribution is 2.31. The predicted octanol–water partition coefficient (Wildman–Crippen LogP) is 5.17. The molecule has 0 aliphatic carbocycles. The zero-order valence-electron chi connectivity index (χ0n) is 12.3. The smallest absolute Gasteiger partial charge is 0.107 e. The fourth-order valence-electron chi connectivity index (χ4n) is 2.19. The molecule has 0 saturated carbocycles. The minimum absolute atomic E-state index is 0.799. The highest BCUT2D eigenvalue weighted by atomic mass is 35.5. The van der Waals surface area contributed by atoms with Gasteiger partial charge in [-0.05, 0) is 49.7 Å². The zero-order chi connectivity index (χ0) is 15.4. The number of thiophene rings is 1. The van der Waals surface area contributed by atoms with Gasteiger partial charge in [-0.15, -0.1) is 22.7 Å². The molecule has 0 spiro atoms. The summed E-state index contributed by atoms with van der Waals surface area (Å²) >= 11 is 9.57. The van der Waals surface area contributed by atoms with E-state index in [2.05, 4.69) is 35.4 Å². The Balaban J connectivity index is 1.49. The van der Waals surface area contributed by atoms with Crippen LogP contribution in [0.2, 0.25) is 5.02 Å². The molecule has 2 aromatic heterocycles. The van der Waals surface area contributed by atoms with Crippen molar-refractivity contribution >= 4 is 34.3 Å². The van der Waals surface area contributed by atoms with E-state index in [1.165, 1.54) is 20.2 Å². The highest BCUT2D eigenvalue weighted by molar-refractivity contribution is 7.21.